The molecule has 0 N–H and O–H groups in total. The topological polar surface area (TPSA) is 0 Å². The molecule has 0 saturated heterocycles. The zero-order chi connectivity index (χ0) is 9.35. The second kappa shape index (κ2) is 3.49. The van der Waals surface area contributed by atoms with Crippen molar-refractivity contribution in [2.75, 3.05) is 18.8 Å². The molecule has 68 valence electrons. The van der Waals surface area contributed by atoms with Gasteiger partial charge in [-0.2, -0.15) is 0 Å². The number of rotatable bonds is 1. The van der Waals surface area contributed by atoms with E-state index < -0.39 is 10.0 Å². The SMILES string of the molecule is CS(C)(C)c1cc(Cl)cc(Cl)c1. The summed E-state index contributed by atoms with van der Waals surface area (Å²) in [6, 6.07) is 5.74. The third kappa shape index (κ3) is 2.58. The van der Waals surface area contributed by atoms with Crippen molar-refractivity contribution in [3.8, 4) is 0 Å². The van der Waals surface area contributed by atoms with Crippen LogP contribution in [0.4, 0.5) is 0 Å². The van der Waals surface area contributed by atoms with Crippen molar-refractivity contribution in [1.82, 2.24) is 0 Å². The second-order valence-corrected chi connectivity index (χ2v) is 8.46. The Bertz CT molecular complexity index is 269. The third-order valence-corrected chi connectivity index (χ3v) is 3.63. The smallest absolute Gasteiger partial charge is 0.0431 e. The average Bonchev–Trinajstić information content (AvgIpc) is 1.82. The summed E-state index contributed by atoms with van der Waals surface area (Å²) in [5.41, 5.74) is 0. The quantitative estimate of drug-likeness (QED) is 0.673. The van der Waals surface area contributed by atoms with E-state index >= 15 is 0 Å². The van der Waals surface area contributed by atoms with Gasteiger partial charge in [0.1, 0.15) is 0 Å². The van der Waals surface area contributed by atoms with Gasteiger partial charge in [-0.1, -0.05) is 23.2 Å². The van der Waals surface area contributed by atoms with Crippen molar-refractivity contribution < 1.29 is 0 Å². The van der Waals surface area contributed by atoms with E-state index in [1.807, 2.05) is 12.1 Å². The summed E-state index contributed by atoms with van der Waals surface area (Å²) in [4.78, 5) is 1.25. The Morgan fingerprint density at radius 1 is 0.917 bits per heavy atom. The first kappa shape index (κ1) is 10.2. The molecule has 1 aromatic carbocycles. The standard InChI is InChI=1S/C9H12Cl2S/c1-12(2,3)9-5-7(10)4-8(11)6-9/h4-6H,1-3H3. The zero-order valence-corrected chi connectivity index (χ0v) is 9.72. The Hall–Kier alpha value is 0.150. The van der Waals surface area contributed by atoms with Crippen molar-refractivity contribution >= 4 is 33.2 Å². The molecule has 12 heavy (non-hydrogen) atoms. The van der Waals surface area contributed by atoms with Gasteiger partial charge in [-0.3, -0.25) is 0 Å². The molecule has 0 saturated carbocycles. The lowest BCUT2D eigenvalue weighted by atomic mass is 10.4. The summed E-state index contributed by atoms with van der Waals surface area (Å²) in [5.74, 6) is 0. The van der Waals surface area contributed by atoms with Gasteiger partial charge in [-0.05, 0) is 41.9 Å². The number of benzene rings is 1. The van der Waals surface area contributed by atoms with Gasteiger partial charge < -0.3 is 0 Å². The Morgan fingerprint density at radius 3 is 1.67 bits per heavy atom. The zero-order valence-electron chi connectivity index (χ0n) is 7.40. The lowest BCUT2D eigenvalue weighted by Crippen LogP contribution is -1.92. The molecule has 0 nitrogen and oxygen atoms in total. The van der Waals surface area contributed by atoms with Crippen LogP contribution in [0.3, 0.4) is 0 Å². The molecule has 0 aromatic heterocycles. The summed E-state index contributed by atoms with van der Waals surface area (Å²) in [5, 5.41) is 1.44. The maximum absolute atomic E-state index is 5.89. The van der Waals surface area contributed by atoms with Crippen LogP contribution in [0.2, 0.25) is 10.0 Å². The molecule has 0 aliphatic carbocycles. The molecule has 0 unspecified atom stereocenters. The minimum Gasteiger partial charge on any atom is -0.223 e. The minimum absolute atomic E-state index is 0.717. The molecule has 0 amide bonds. The highest BCUT2D eigenvalue weighted by Gasteiger charge is 2.09. The monoisotopic (exact) mass is 222 g/mol. The summed E-state index contributed by atoms with van der Waals surface area (Å²) >= 11 is 11.8. The lowest BCUT2D eigenvalue weighted by molar-refractivity contribution is 1.44. The Balaban J connectivity index is 3.18. The minimum atomic E-state index is -0.717. The van der Waals surface area contributed by atoms with E-state index in [0.29, 0.717) is 0 Å². The second-order valence-electron chi connectivity index (χ2n) is 3.44. The molecule has 0 fully saturated rings. The van der Waals surface area contributed by atoms with E-state index in [4.69, 9.17) is 23.2 Å². The van der Waals surface area contributed by atoms with E-state index in [9.17, 15) is 0 Å². The normalized spacial score (nSPS) is 13.1. The van der Waals surface area contributed by atoms with Crippen molar-refractivity contribution in [3.05, 3.63) is 28.2 Å². The maximum atomic E-state index is 5.89. The van der Waals surface area contributed by atoms with Crippen molar-refractivity contribution in [2.45, 2.75) is 4.90 Å². The third-order valence-electron chi connectivity index (χ3n) is 1.54. The predicted molar refractivity (Wildman–Crippen MR) is 60.1 cm³/mol. The van der Waals surface area contributed by atoms with Crippen LogP contribution >= 0.6 is 33.2 Å². The van der Waals surface area contributed by atoms with Gasteiger partial charge in [-0.25, -0.2) is 10.0 Å². The molecule has 0 aliphatic heterocycles. The van der Waals surface area contributed by atoms with Crippen molar-refractivity contribution in [3.63, 3.8) is 0 Å². The molecule has 1 rings (SSSR count). The highest BCUT2D eigenvalue weighted by atomic mass is 35.5. The van der Waals surface area contributed by atoms with Gasteiger partial charge in [0, 0.05) is 10.0 Å². The van der Waals surface area contributed by atoms with Crippen LogP contribution in [0.5, 0.6) is 0 Å². The van der Waals surface area contributed by atoms with E-state index in [1.54, 1.807) is 6.07 Å². The van der Waals surface area contributed by atoms with E-state index in [1.165, 1.54) is 4.90 Å². The molecule has 0 bridgehead atoms. The number of halogens is 2. The first-order valence-electron chi connectivity index (χ1n) is 3.54. The van der Waals surface area contributed by atoms with Crippen LogP contribution in [0.25, 0.3) is 0 Å². The van der Waals surface area contributed by atoms with Crippen LogP contribution in [-0.4, -0.2) is 18.8 Å². The van der Waals surface area contributed by atoms with Gasteiger partial charge in [0.25, 0.3) is 0 Å². The van der Waals surface area contributed by atoms with Gasteiger partial charge in [0.2, 0.25) is 0 Å². The van der Waals surface area contributed by atoms with Crippen LogP contribution in [0.15, 0.2) is 23.1 Å². The fourth-order valence-corrected chi connectivity index (χ4v) is 2.50. The van der Waals surface area contributed by atoms with Crippen LogP contribution in [0.1, 0.15) is 0 Å². The number of hydrogen-bond donors (Lipinski definition) is 0. The lowest BCUT2D eigenvalue weighted by Gasteiger charge is -2.26. The summed E-state index contributed by atoms with van der Waals surface area (Å²) in [7, 11) is -0.717. The molecular weight excluding hydrogens is 211 g/mol. The molecule has 0 spiro atoms. The molecule has 1 aromatic rings. The molecule has 0 radical (unpaired) electrons. The molecule has 0 heterocycles. The predicted octanol–water partition coefficient (Wildman–Crippen LogP) is 4.05. The highest BCUT2D eigenvalue weighted by molar-refractivity contribution is 8.32. The van der Waals surface area contributed by atoms with Gasteiger partial charge in [-0.15, -0.1) is 0 Å². The Morgan fingerprint density at radius 2 is 1.33 bits per heavy atom. The largest absolute Gasteiger partial charge is 0.223 e. The Labute approximate surface area is 85.2 Å². The maximum Gasteiger partial charge on any atom is 0.0431 e. The summed E-state index contributed by atoms with van der Waals surface area (Å²) in [6.45, 7) is 0. The highest BCUT2D eigenvalue weighted by Crippen LogP contribution is 2.46. The van der Waals surface area contributed by atoms with E-state index in [0.717, 1.165) is 10.0 Å². The van der Waals surface area contributed by atoms with Crippen molar-refractivity contribution in [2.24, 2.45) is 0 Å². The fourth-order valence-electron chi connectivity index (χ4n) is 0.882. The van der Waals surface area contributed by atoms with Crippen LogP contribution in [-0.2, 0) is 0 Å². The molecule has 3 heteroatoms. The fraction of sp³-hybridized carbons (Fsp3) is 0.333. The van der Waals surface area contributed by atoms with Crippen molar-refractivity contribution in [1.29, 1.82) is 0 Å². The number of hydrogen-bond acceptors (Lipinski definition) is 0. The first-order chi connectivity index (χ1) is 5.39. The molecule has 0 atom stereocenters. The molecule has 0 aliphatic rings. The van der Waals surface area contributed by atoms with Crippen LogP contribution in [0, 0.1) is 0 Å². The summed E-state index contributed by atoms with van der Waals surface area (Å²) < 4.78 is 0. The van der Waals surface area contributed by atoms with E-state index in [-0.39, 0.29) is 0 Å². The first-order valence-corrected chi connectivity index (χ1v) is 7.15. The summed E-state index contributed by atoms with van der Waals surface area (Å²) in [6.07, 6.45) is 6.65. The molecular formula is C9H12Cl2S. The van der Waals surface area contributed by atoms with Gasteiger partial charge in [0.05, 0.1) is 0 Å². The average molecular weight is 223 g/mol. The Kier molecular flexibility index (Phi) is 2.97. The van der Waals surface area contributed by atoms with E-state index in [2.05, 4.69) is 18.8 Å². The van der Waals surface area contributed by atoms with Gasteiger partial charge in [0.15, 0.2) is 0 Å². The van der Waals surface area contributed by atoms with Gasteiger partial charge >= 0.3 is 0 Å². The van der Waals surface area contributed by atoms with Crippen LogP contribution < -0.4 is 0 Å².